The normalized spacial score (nSPS) is 11.7. The molecule has 1 N–H and O–H groups in total. The van der Waals surface area contributed by atoms with Crippen molar-refractivity contribution in [1.82, 2.24) is 4.98 Å². The highest BCUT2D eigenvalue weighted by molar-refractivity contribution is 6.23. The zero-order valence-electron chi connectivity index (χ0n) is 23.5. The molecule has 0 amide bonds. The third-order valence-corrected chi connectivity index (χ3v) is 8.98. The number of fused-ring (bicyclic) bond motifs is 7. The Morgan fingerprint density at radius 3 is 1.56 bits per heavy atom. The fraction of sp³-hybridized carbons (Fsp3) is 0. The summed E-state index contributed by atoms with van der Waals surface area (Å²) in [6.07, 6.45) is 0. The van der Waals surface area contributed by atoms with Crippen molar-refractivity contribution in [3.63, 3.8) is 0 Å². The van der Waals surface area contributed by atoms with Gasteiger partial charge in [-0.2, -0.15) is 0 Å². The lowest BCUT2D eigenvalue weighted by Gasteiger charge is -2.18. The number of nitrogens with one attached hydrogen (secondary N) is 1. The number of H-pyrrole nitrogens is 1. The molecule has 0 aliphatic carbocycles. The standard InChI is InChI=1S/C42H27N/c1-2-11-27(12-3-1)29-14-10-15-30(25-29)40-33-17-6-8-19-35(33)41(36-20-9-7-18-34(36)40)31-22-24-39-38(26-31)37-23-21-28-13-4-5-16-32(28)42(37)43-39/h1-26,43H. The molecule has 0 fully saturated rings. The first kappa shape index (κ1) is 24.0. The minimum absolute atomic E-state index is 1.16. The molecule has 200 valence electrons. The number of hydrogen-bond acceptors (Lipinski definition) is 0. The van der Waals surface area contributed by atoms with Crippen molar-refractivity contribution >= 4 is 54.1 Å². The maximum Gasteiger partial charge on any atom is 0.0544 e. The summed E-state index contributed by atoms with van der Waals surface area (Å²) in [6, 6.07) is 57.5. The Labute approximate surface area is 249 Å². The number of aromatic amines is 1. The quantitative estimate of drug-likeness (QED) is 0.213. The van der Waals surface area contributed by atoms with Crippen molar-refractivity contribution in [2.75, 3.05) is 0 Å². The second-order valence-electron chi connectivity index (χ2n) is 11.4. The van der Waals surface area contributed by atoms with E-state index in [0.29, 0.717) is 0 Å². The van der Waals surface area contributed by atoms with Crippen molar-refractivity contribution in [2.24, 2.45) is 0 Å². The molecule has 0 aliphatic heterocycles. The third-order valence-electron chi connectivity index (χ3n) is 8.98. The summed E-state index contributed by atoms with van der Waals surface area (Å²) in [4.78, 5) is 3.72. The van der Waals surface area contributed by atoms with Gasteiger partial charge in [-0.05, 0) is 78.5 Å². The zero-order chi connectivity index (χ0) is 28.3. The highest BCUT2D eigenvalue weighted by Gasteiger charge is 2.18. The van der Waals surface area contributed by atoms with Crippen LogP contribution in [0, 0.1) is 0 Å². The van der Waals surface area contributed by atoms with Crippen molar-refractivity contribution in [3.8, 4) is 33.4 Å². The molecular weight excluding hydrogens is 518 g/mol. The molecule has 1 heteroatoms. The van der Waals surface area contributed by atoms with Gasteiger partial charge in [0.1, 0.15) is 0 Å². The van der Waals surface area contributed by atoms with E-state index in [0.717, 1.165) is 5.52 Å². The molecule has 0 spiro atoms. The lowest BCUT2D eigenvalue weighted by atomic mass is 9.85. The van der Waals surface area contributed by atoms with Gasteiger partial charge < -0.3 is 4.98 Å². The predicted octanol–water partition coefficient (Wildman–Crippen LogP) is 11.8. The molecule has 0 saturated carbocycles. The molecular formula is C42H27N. The Morgan fingerprint density at radius 1 is 0.302 bits per heavy atom. The van der Waals surface area contributed by atoms with Crippen LogP contribution in [0.25, 0.3) is 87.5 Å². The van der Waals surface area contributed by atoms with Gasteiger partial charge >= 0.3 is 0 Å². The SMILES string of the molecule is c1ccc(-c2cccc(-c3c4ccccc4c(-c4ccc5[nH]c6c7ccccc7ccc6c5c4)c4ccccc34)c2)cc1. The summed E-state index contributed by atoms with van der Waals surface area (Å²) < 4.78 is 0. The summed E-state index contributed by atoms with van der Waals surface area (Å²) in [7, 11) is 0. The second kappa shape index (κ2) is 9.44. The smallest absolute Gasteiger partial charge is 0.0544 e. The van der Waals surface area contributed by atoms with Gasteiger partial charge in [0.15, 0.2) is 0 Å². The summed E-state index contributed by atoms with van der Waals surface area (Å²) in [6.45, 7) is 0. The van der Waals surface area contributed by atoms with Crippen LogP contribution in [0.5, 0.6) is 0 Å². The molecule has 0 aliphatic rings. The van der Waals surface area contributed by atoms with Crippen molar-refractivity contribution in [1.29, 1.82) is 0 Å². The zero-order valence-corrected chi connectivity index (χ0v) is 23.5. The van der Waals surface area contributed by atoms with Crippen LogP contribution in [-0.2, 0) is 0 Å². The third kappa shape index (κ3) is 3.72. The molecule has 9 aromatic rings. The van der Waals surface area contributed by atoms with Gasteiger partial charge in [-0.15, -0.1) is 0 Å². The van der Waals surface area contributed by atoms with E-state index in [1.54, 1.807) is 0 Å². The predicted molar refractivity (Wildman–Crippen MR) is 185 cm³/mol. The van der Waals surface area contributed by atoms with Crippen LogP contribution in [0.2, 0.25) is 0 Å². The molecule has 43 heavy (non-hydrogen) atoms. The van der Waals surface area contributed by atoms with E-state index >= 15 is 0 Å². The van der Waals surface area contributed by atoms with Crippen LogP contribution < -0.4 is 0 Å². The lowest BCUT2D eigenvalue weighted by molar-refractivity contribution is 1.56. The molecule has 9 rings (SSSR count). The summed E-state index contributed by atoms with van der Waals surface area (Å²) in [5, 5.41) is 10.1. The second-order valence-corrected chi connectivity index (χ2v) is 11.4. The van der Waals surface area contributed by atoms with E-state index in [-0.39, 0.29) is 0 Å². The highest BCUT2D eigenvalue weighted by atomic mass is 14.7. The van der Waals surface area contributed by atoms with E-state index in [1.807, 2.05) is 0 Å². The van der Waals surface area contributed by atoms with E-state index in [2.05, 4.69) is 163 Å². The molecule has 1 nitrogen and oxygen atoms in total. The molecule has 0 saturated heterocycles. The van der Waals surface area contributed by atoms with Crippen LogP contribution in [0.3, 0.4) is 0 Å². The Balaban J connectivity index is 1.33. The first-order valence-corrected chi connectivity index (χ1v) is 14.9. The molecule has 0 atom stereocenters. The Kier molecular flexibility index (Phi) is 5.27. The van der Waals surface area contributed by atoms with Gasteiger partial charge in [0.2, 0.25) is 0 Å². The first-order valence-electron chi connectivity index (χ1n) is 14.9. The Bertz CT molecular complexity index is 2440. The minimum atomic E-state index is 1.16. The van der Waals surface area contributed by atoms with Crippen LogP contribution >= 0.6 is 0 Å². The maximum atomic E-state index is 3.72. The Hall–Kier alpha value is -5.66. The highest BCUT2D eigenvalue weighted by Crippen LogP contribution is 2.45. The summed E-state index contributed by atoms with van der Waals surface area (Å²) in [5.41, 5.74) is 9.87. The van der Waals surface area contributed by atoms with Gasteiger partial charge in [0.05, 0.1) is 5.52 Å². The van der Waals surface area contributed by atoms with E-state index in [9.17, 15) is 0 Å². The van der Waals surface area contributed by atoms with E-state index in [1.165, 1.54) is 82.0 Å². The van der Waals surface area contributed by atoms with Gasteiger partial charge in [-0.1, -0.05) is 140 Å². The molecule has 1 aromatic heterocycles. The molecule has 0 unspecified atom stereocenters. The number of hydrogen-bond donors (Lipinski definition) is 1. The fourth-order valence-corrected chi connectivity index (χ4v) is 7.03. The number of rotatable bonds is 3. The van der Waals surface area contributed by atoms with E-state index in [4.69, 9.17) is 0 Å². The van der Waals surface area contributed by atoms with Gasteiger partial charge in [-0.3, -0.25) is 0 Å². The summed E-state index contributed by atoms with van der Waals surface area (Å²) in [5.74, 6) is 0. The molecule has 0 radical (unpaired) electrons. The van der Waals surface area contributed by atoms with Gasteiger partial charge in [-0.25, -0.2) is 0 Å². The van der Waals surface area contributed by atoms with Crippen molar-refractivity contribution in [3.05, 3.63) is 158 Å². The molecule has 8 aromatic carbocycles. The number of aromatic nitrogens is 1. The van der Waals surface area contributed by atoms with Crippen molar-refractivity contribution in [2.45, 2.75) is 0 Å². The van der Waals surface area contributed by atoms with E-state index < -0.39 is 0 Å². The van der Waals surface area contributed by atoms with Crippen LogP contribution in [0.1, 0.15) is 0 Å². The topological polar surface area (TPSA) is 15.8 Å². The largest absolute Gasteiger partial charge is 0.354 e. The van der Waals surface area contributed by atoms with Crippen LogP contribution in [0.4, 0.5) is 0 Å². The average molecular weight is 546 g/mol. The maximum absolute atomic E-state index is 3.72. The van der Waals surface area contributed by atoms with Crippen LogP contribution in [-0.4, -0.2) is 4.98 Å². The van der Waals surface area contributed by atoms with Gasteiger partial charge in [0.25, 0.3) is 0 Å². The minimum Gasteiger partial charge on any atom is -0.354 e. The first-order chi connectivity index (χ1) is 21.3. The molecule has 0 bridgehead atoms. The number of benzene rings is 8. The lowest BCUT2D eigenvalue weighted by Crippen LogP contribution is -1.91. The fourth-order valence-electron chi connectivity index (χ4n) is 7.03. The Morgan fingerprint density at radius 2 is 0.860 bits per heavy atom. The van der Waals surface area contributed by atoms with Crippen LogP contribution in [0.15, 0.2) is 158 Å². The monoisotopic (exact) mass is 545 g/mol. The van der Waals surface area contributed by atoms with Crippen molar-refractivity contribution < 1.29 is 0 Å². The molecule has 1 heterocycles. The summed E-state index contributed by atoms with van der Waals surface area (Å²) >= 11 is 0. The van der Waals surface area contributed by atoms with Gasteiger partial charge in [0, 0.05) is 21.7 Å². The average Bonchev–Trinajstić information content (AvgIpc) is 3.46.